The van der Waals surface area contributed by atoms with Crippen molar-refractivity contribution in [2.75, 3.05) is 0 Å². The molecule has 1 aromatic carbocycles. The van der Waals surface area contributed by atoms with E-state index in [-0.39, 0.29) is 0 Å². The van der Waals surface area contributed by atoms with E-state index in [1.165, 1.54) is 0 Å². The molecule has 0 saturated carbocycles. The molecule has 0 spiro atoms. The fourth-order valence-electron chi connectivity index (χ4n) is 1.77. The molecule has 110 valence electrons. The number of carboxylic acids is 1. The van der Waals surface area contributed by atoms with Gasteiger partial charge in [-0.05, 0) is 26.3 Å². The summed E-state index contributed by atoms with van der Waals surface area (Å²) in [5, 5.41) is 13.6. The number of carbonyl (C=O) groups excluding carboxylic acids is 2. The lowest BCUT2D eigenvalue weighted by atomic mass is 9.93. The van der Waals surface area contributed by atoms with Crippen molar-refractivity contribution in [2.45, 2.75) is 45.3 Å². The summed E-state index contributed by atoms with van der Waals surface area (Å²) in [6.07, 6.45) is -0.769. The van der Waals surface area contributed by atoms with Gasteiger partial charge in [-0.2, -0.15) is 0 Å². The van der Waals surface area contributed by atoms with E-state index in [4.69, 9.17) is 4.74 Å². The minimum Gasteiger partial charge on any atom is -0.548 e. The van der Waals surface area contributed by atoms with Gasteiger partial charge in [-0.1, -0.05) is 37.3 Å². The first kappa shape index (κ1) is 16.0. The lowest BCUT2D eigenvalue weighted by Gasteiger charge is -2.28. The molecule has 0 fully saturated rings. The van der Waals surface area contributed by atoms with Gasteiger partial charge >= 0.3 is 6.09 Å². The number of carboxylic acid groups (broad SMARTS) is 1. The van der Waals surface area contributed by atoms with Crippen LogP contribution in [0.3, 0.4) is 0 Å². The largest absolute Gasteiger partial charge is 0.548 e. The van der Waals surface area contributed by atoms with Crippen LogP contribution in [0, 0.1) is 0 Å². The Morgan fingerprint density at radius 2 is 1.75 bits per heavy atom. The molecule has 0 unspecified atom stereocenters. The number of nitrogens with one attached hydrogen (secondary N) is 1. The molecule has 20 heavy (non-hydrogen) atoms. The van der Waals surface area contributed by atoms with Crippen molar-refractivity contribution >= 4 is 12.1 Å². The standard InChI is InChI=1S/C15H21NO4/c1-10(11-8-6-5-7-9-11)12(13(17)18)16-14(19)20-15(2,3)4/h5-10,12H,1-4H3,(H,16,19)(H,17,18)/p-1/t10-,12-/m0/s1. The van der Waals surface area contributed by atoms with Crippen LogP contribution in [0.1, 0.15) is 39.2 Å². The van der Waals surface area contributed by atoms with E-state index in [2.05, 4.69) is 5.32 Å². The third kappa shape index (κ3) is 4.91. The second-order valence-electron chi connectivity index (χ2n) is 5.64. The van der Waals surface area contributed by atoms with E-state index in [1.54, 1.807) is 39.8 Å². The summed E-state index contributed by atoms with van der Waals surface area (Å²) in [5.41, 5.74) is 0.120. The van der Waals surface area contributed by atoms with Gasteiger partial charge in [-0.3, -0.25) is 0 Å². The molecule has 0 bridgehead atoms. The first-order valence-corrected chi connectivity index (χ1v) is 6.46. The number of rotatable bonds is 4. The lowest BCUT2D eigenvalue weighted by molar-refractivity contribution is -0.308. The summed E-state index contributed by atoms with van der Waals surface area (Å²) in [6.45, 7) is 6.84. The van der Waals surface area contributed by atoms with Crippen molar-refractivity contribution < 1.29 is 19.4 Å². The minimum atomic E-state index is -1.34. The number of alkyl carbamates (subject to hydrolysis) is 1. The van der Waals surface area contributed by atoms with Crippen LogP contribution in [0.5, 0.6) is 0 Å². The topological polar surface area (TPSA) is 78.5 Å². The van der Waals surface area contributed by atoms with Gasteiger partial charge in [0.25, 0.3) is 0 Å². The minimum absolute atomic E-state index is 0.422. The Morgan fingerprint density at radius 3 is 2.20 bits per heavy atom. The predicted molar refractivity (Wildman–Crippen MR) is 73.0 cm³/mol. The number of amides is 1. The zero-order valence-corrected chi connectivity index (χ0v) is 12.2. The van der Waals surface area contributed by atoms with Crippen LogP contribution in [-0.4, -0.2) is 23.7 Å². The summed E-state index contributed by atoms with van der Waals surface area (Å²) < 4.78 is 5.06. The summed E-state index contributed by atoms with van der Waals surface area (Å²) in [5.74, 6) is -1.76. The Labute approximate surface area is 118 Å². The van der Waals surface area contributed by atoms with Crippen molar-refractivity contribution in [3.63, 3.8) is 0 Å². The van der Waals surface area contributed by atoms with Crippen LogP contribution < -0.4 is 10.4 Å². The first-order chi connectivity index (χ1) is 9.20. The lowest BCUT2D eigenvalue weighted by Crippen LogP contribution is -2.51. The molecule has 1 N–H and O–H groups in total. The highest BCUT2D eigenvalue weighted by molar-refractivity contribution is 5.79. The van der Waals surface area contributed by atoms with E-state index in [1.807, 2.05) is 18.2 Å². The fraction of sp³-hybridized carbons (Fsp3) is 0.467. The molecule has 0 heterocycles. The van der Waals surface area contributed by atoms with Gasteiger partial charge in [-0.15, -0.1) is 0 Å². The molecule has 0 radical (unpaired) electrons. The number of hydrogen-bond donors (Lipinski definition) is 1. The molecular weight excluding hydrogens is 258 g/mol. The smallest absolute Gasteiger partial charge is 0.408 e. The average molecular weight is 278 g/mol. The predicted octanol–water partition coefficient (Wildman–Crippen LogP) is 1.43. The highest BCUT2D eigenvalue weighted by atomic mass is 16.6. The van der Waals surface area contributed by atoms with Crippen LogP contribution in [0.25, 0.3) is 0 Å². The molecule has 0 aliphatic carbocycles. The van der Waals surface area contributed by atoms with Gasteiger partial charge in [-0.25, -0.2) is 4.79 Å². The quantitative estimate of drug-likeness (QED) is 0.903. The highest BCUT2D eigenvalue weighted by Crippen LogP contribution is 2.19. The fourth-order valence-corrected chi connectivity index (χ4v) is 1.77. The van der Waals surface area contributed by atoms with Crippen molar-refractivity contribution in [3.05, 3.63) is 35.9 Å². The van der Waals surface area contributed by atoms with Crippen LogP contribution >= 0.6 is 0 Å². The summed E-state index contributed by atoms with van der Waals surface area (Å²) in [7, 11) is 0. The van der Waals surface area contributed by atoms with Crippen LogP contribution in [0.4, 0.5) is 4.79 Å². The first-order valence-electron chi connectivity index (χ1n) is 6.46. The van der Waals surface area contributed by atoms with Crippen LogP contribution in [0.2, 0.25) is 0 Å². The van der Waals surface area contributed by atoms with Gasteiger partial charge in [0.2, 0.25) is 0 Å². The maximum atomic E-state index is 11.7. The summed E-state index contributed by atoms with van der Waals surface area (Å²) in [4.78, 5) is 22.9. The molecule has 1 rings (SSSR count). The van der Waals surface area contributed by atoms with E-state index in [0.29, 0.717) is 0 Å². The SMILES string of the molecule is C[C@@H](c1ccccc1)[C@H](NC(=O)OC(C)(C)C)C(=O)[O-]. The van der Waals surface area contributed by atoms with Crippen molar-refractivity contribution in [2.24, 2.45) is 0 Å². The van der Waals surface area contributed by atoms with E-state index < -0.39 is 29.6 Å². The van der Waals surface area contributed by atoms with Gasteiger partial charge in [0.15, 0.2) is 0 Å². The average Bonchev–Trinajstić information content (AvgIpc) is 2.34. The molecule has 5 heteroatoms. The van der Waals surface area contributed by atoms with Gasteiger partial charge < -0.3 is 20.0 Å². The molecule has 5 nitrogen and oxygen atoms in total. The Balaban J connectivity index is 2.80. The maximum Gasteiger partial charge on any atom is 0.408 e. The normalized spacial score (nSPS) is 14.2. The van der Waals surface area contributed by atoms with E-state index >= 15 is 0 Å². The molecule has 1 amide bonds. The number of aliphatic carboxylic acids is 1. The number of benzene rings is 1. The van der Waals surface area contributed by atoms with Crippen LogP contribution in [0.15, 0.2) is 30.3 Å². The van der Waals surface area contributed by atoms with Gasteiger partial charge in [0, 0.05) is 5.92 Å². The zero-order valence-electron chi connectivity index (χ0n) is 12.2. The molecule has 1 aromatic rings. The number of hydrogen-bond acceptors (Lipinski definition) is 4. The Morgan fingerprint density at radius 1 is 1.20 bits per heavy atom. The molecule has 0 aliphatic rings. The van der Waals surface area contributed by atoms with E-state index in [9.17, 15) is 14.7 Å². The monoisotopic (exact) mass is 278 g/mol. The van der Waals surface area contributed by atoms with Gasteiger partial charge in [0.1, 0.15) is 5.60 Å². The van der Waals surface area contributed by atoms with E-state index in [0.717, 1.165) is 5.56 Å². The van der Waals surface area contributed by atoms with Gasteiger partial charge in [0.05, 0.1) is 12.0 Å². The number of ether oxygens (including phenoxy) is 1. The van der Waals surface area contributed by atoms with Crippen molar-refractivity contribution in [1.29, 1.82) is 0 Å². The maximum absolute atomic E-state index is 11.7. The summed E-state index contributed by atoms with van der Waals surface area (Å²) in [6, 6.07) is 7.92. The Kier molecular flexibility index (Phi) is 5.13. The Bertz CT molecular complexity index is 465. The molecule has 0 saturated heterocycles. The number of carbonyl (C=O) groups is 2. The third-order valence-electron chi connectivity index (χ3n) is 2.75. The van der Waals surface area contributed by atoms with Crippen LogP contribution in [-0.2, 0) is 9.53 Å². The summed E-state index contributed by atoms with van der Waals surface area (Å²) >= 11 is 0. The Hall–Kier alpha value is -2.04. The second-order valence-corrected chi connectivity index (χ2v) is 5.64. The van der Waals surface area contributed by atoms with Crippen molar-refractivity contribution in [1.82, 2.24) is 5.32 Å². The molecular formula is C15H20NO4-. The second kappa shape index (κ2) is 6.41. The molecule has 0 aliphatic heterocycles. The van der Waals surface area contributed by atoms with Crippen molar-refractivity contribution in [3.8, 4) is 0 Å². The zero-order chi connectivity index (χ0) is 15.3. The third-order valence-corrected chi connectivity index (χ3v) is 2.75. The highest BCUT2D eigenvalue weighted by Gasteiger charge is 2.25. The molecule has 0 aromatic heterocycles. The molecule has 2 atom stereocenters.